The van der Waals surface area contributed by atoms with Gasteiger partial charge in [0.15, 0.2) is 0 Å². The van der Waals surface area contributed by atoms with E-state index in [0.717, 1.165) is 34.3 Å². The third-order valence-corrected chi connectivity index (χ3v) is 6.81. The normalized spacial score (nSPS) is 14.6. The van der Waals surface area contributed by atoms with Crippen molar-refractivity contribution in [1.82, 2.24) is 34.7 Å². The number of hydrogen-bond donors (Lipinski definition) is 2. The second-order valence-electron chi connectivity index (χ2n) is 8.66. The first-order valence-electron chi connectivity index (χ1n) is 11.9. The minimum Gasteiger partial charge on any atom is -0.391 e. The standard InChI is InChI=1S/C24H27FN10OS/c1-16(36)14-35-17(2)21(13-30-35)31-22-28-15-29-24(32-22)34-9-7-33(8-10-34)23-26-11-20(12-27-23)37-19-5-3-18(25)4-6-19/h3-6,11-13,15-16,36H,7-10,14H2,1-2H3,(H,28,29,31,32). The maximum atomic E-state index is 13.1. The molecule has 192 valence electrons. The number of hydrogen-bond acceptors (Lipinski definition) is 11. The fourth-order valence-corrected chi connectivity index (χ4v) is 4.65. The zero-order chi connectivity index (χ0) is 25.8. The lowest BCUT2D eigenvalue weighted by molar-refractivity contribution is 0.167. The maximum Gasteiger partial charge on any atom is 0.232 e. The number of nitrogens with one attached hydrogen (secondary N) is 1. The molecule has 4 heterocycles. The summed E-state index contributed by atoms with van der Waals surface area (Å²) >= 11 is 1.49. The Kier molecular flexibility index (Phi) is 7.42. The predicted octanol–water partition coefficient (Wildman–Crippen LogP) is 2.91. The van der Waals surface area contributed by atoms with Crippen molar-refractivity contribution in [2.24, 2.45) is 0 Å². The molecule has 1 fully saturated rings. The Hall–Kier alpha value is -3.84. The lowest BCUT2D eigenvalue weighted by atomic mass is 10.3. The third kappa shape index (κ3) is 6.12. The van der Waals surface area contributed by atoms with Gasteiger partial charge in [-0.25, -0.2) is 24.3 Å². The highest BCUT2D eigenvalue weighted by Gasteiger charge is 2.21. The predicted molar refractivity (Wildman–Crippen MR) is 139 cm³/mol. The average molecular weight is 523 g/mol. The highest BCUT2D eigenvalue weighted by atomic mass is 32.2. The molecule has 0 aliphatic carbocycles. The van der Waals surface area contributed by atoms with Crippen LogP contribution in [0.2, 0.25) is 0 Å². The smallest absolute Gasteiger partial charge is 0.232 e. The summed E-state index contributed by atoms with van der Waals surface area (Å²) in [4.78, 5) is 28.3. The first-order valence-corrected chi connectivity index (χ1v) is 12.7. The summed E-state index contributed by atoms with van der Waals surface area (Å²) < 4.78 is 14.9. The summed E-state index contributed by atoms with van der Waals surface area (Å²) in [5.74, 6) is 1.45. The molecular formula is C24H27FN10OS. The summed E-state index contributed by atoms with van der Waals surface area (Å²) in [7, 11) is 0. The van der Waals surface area contributed by atoms with Gasteiger partial charge in [0.05, 0.1) is 30.2 Å². The van der Waals surface area contributed by atoms with Crippen molar-refractivity contribution >= 4 is 35.3 Å². The van der Waals surface area contributed by atoms with Crippen molar-refractivity contribution in [3.05, 3.63) is 60.7 Å². The van der Waals surface area contributed by atoms with E-state index in [1.807, 2.05) is 6.92 Å². The van der Waals surface area contributed by atoms with Crippen LogP contribution >= 0.6 is 11.8 Å². The number of benzene rings is 1. The Balaban J connectivity index is 1.17. The SMILES string of the molecule is Cc1c(Nc2ncnc(N3CCN(c4ncc(Sc5ccc(F)cc5)cn4)CC3)n2)cnn1CC(C)O. The molecule has 1 aromatic carbocycles. The van der Waals surface area contributed by atoms with E-state index in [4.69, 9.17) is 0 Å². The van der Waals surface area contributed by atoms with Crippen molar-refractivity contribution in [1.29, 1.82) is 0 Å². The van der Waals surface area contributed by atoms with E-state index < -0.39 is 6.10 Å². The van der Waals surface area contributed by atoms with Crippen molar-refractivity contribution in [2.75, 3.05) is 41.3 Å². The number of rotatable bonds is 8. The van der Waals surface area contributed by atoms with Gasteiger partial charge in [0.2, 0.25) is 17.8 Å². The van der Waals surface area contributed by atoms with E-state index in [2.05, 4.69) is 45.1 Å². The molecule has 37 heavy (non-hydrogen) atoms. The van der Waals surface area contributed by atoms with Crippen LogP contribution in [0.5, 0.6) is 0 Å². The Morgan fingerprint density at radius 1 is 0.946 bits per heavy atom. The molecule has 0 radical (unpaired) electrons. The fourth-order valence-electron chi connectivity index (χ4n) is 3.89. The van der Waals surface area contributed by atoms with Gasteiger partial charge >= 0.3 is 0 Å². The van der Waals surface area contributed by atoms with Gasteiger partial charge in [-0.2, -0.15) is 10.1 Å². The van der Waals surface area contributed by atoms with Crippen molar-refractivity contribution in [3.8, 4) is 0 Å². The zero-order valence-electron chi connectivity index (χ0n) is 20.5. The van der Waals surface area contributed by atoms with Gasteiger partial charge in [0.1, 0.15) is 12.1 Å². The number of nitrogens with zero attached hydrogens (tertiary/aromatic N) is 9. The van der Waals surface area contributed by atoms with Gasteiger partial charge in [-0.15, -0.1) is 0 Å². The summed E-state index contributed by atoms with van der Waals surface area (Å²) in [6, 6.07) is 6.36. The highest BCUT2D eigenvalue weighted by Crippen LogP contribution is 2.27. The third-order valence-electron chi connectivity index (χ3n) is 5.86. The lowest BCUT2D eigenvalue weighted by Gasteiger charge is -2.34. The quantitative estimate of drug-likeness (QED) is 0.355. The van der Waals surface area contributed by atoms with Crippen molar-refractivity contribution in [3.63, 3.8) is 0 Å². The highest BCUT2D eigenvalue weighted by molar-refractivity contribution is 7.99. The number of aromatic nitrogens is 7. The molecule has 4 aromatic rings. The molecule has 2 N–H and O–H groups in total. The van der Waals surface area contributed by atoms with Crippen molar-refractivity contribution in [2.45, 2.75) is 36.3 Å². The van der Waals surface area contributed by atoms with Gasteiger partial charge in [0.25, 0.3) is 0 Å². The van der Waals surface area contributed by atoms with E-state index in [-0.39, 0.29) is 5.82 Å². The van der Waals surface area contributed by atoms with Gasteiger partial charge in [0, 0.05) is 48.4 Å². The van der Waals surface area contributed by atoms with Crippen LogP contribution in [0, 0.1) is 12.7 Å². The van der Waals surface area contributed by atoms with E-state index in [1.165, 1.54) is 30.2 Å². The Morgan fingerprint density at radius 2 is 1.62 bits per heavy atom. The second kappa shape index (κ2) is 11.0. The molecule has 1 aliphatic rings. The number of aliphatic hydroxyl groups excluding tert-OH is 1. The van der Waals surface area contributed by atoms with Crippen LogP contribution in [0.4, 0.5) is 27.9 Å². The maximum absolute atomic E-state index is 13.1. The fraction of sp³-hybridized carbons (Fsp3) is 0.333. The van der Waals surface area contributed by atoms with Crippen LogP contribution in [0.1, 0.15) is 12.6 Å². The van der Waals surface area contributed by atoms with Crippen LogP contribution < -0.4 is 15.1 Å². The summed E-state index contributed by atoms with van der Waals surface area (Å²) in [5.41, 5.74) is 1.67. The van der Waals surface area contributed by atoms with E-state index in [9.17, 15) is 9.50 Å². The molecule has 1 saturated heterocycles. The molecule has 0 spiro atoms. The van der Waals surface area contributed by atoms with Gasteiger partial charge < -0.3 is 20.2 Å². The second-order valence-corrected chi connectivity index (χ2v) is 9.80. The molecular weight excluding hydrogens is 495 g/mol. The molecule has 0 amide bonds. The number of anilines is 4. The number of halogens is 1. The Labute approximate surface area is 217 Å². The first-order chi connectivity index (χ1) is 17.9. The van der Waals surface area contributed by atoms with Gasteiger partial charge in [-0.3, -0.25) is 4.68 Å². The molecule has 11 nitrogen and oxygen atoms in total. The topological polar surface area (TPSA) is 121 Å². The molecule has 5 rings (SSSR count). The van der Waals surface area contributed by atoms with Crippen LogP contribution in [0.25, 0.3) is 0 Å². The summed E-state index contributed by atoms with van der Waals surface area (Å²) in [5, 5.41) is 17.1. The van der Waals surface area contributed by atoms with Gasteiger partial charge in [-0.05, 0) is 38.1 Å². The summed E-state index contributed by atoms with van der Waals surface area (Å²) in [6.45, 7) is 6.94. The van der Waals surface area contributed by atoms with Crippen LogP contribution in [-0.2, 0) is 6.54 Å². The Bertz CT molecular complexity index is 1320. The Morgan fingerprint density at radius 3 is 2.30 bits per heavy atom. The molecule has 1 aliphatic heterocycles. The molecule has 3 aromatic heterocycles. The summed E-state index contributed by atoms with van der Waals surface area (Å²) in [6.07, 6.45) is 6.28. The molecule has 1 atom stereocenters. The van der Waals surface area contributed by atoms with E-state index in [0.29, 0.717) is 37.5 Å². The van der Waals surface area contributed by atoms with Crippen LogP contribution in [0.3, 0.4) is 0 Å². The molecule has 0 bridgehead atoms. The number of aliphatic hydroxyl groups is 1. The van der Waals surface area contributed by atoms with Crippen molar-refractivity contribution < 1.29 is 9.50 Å². The van der Waals surface area contributed by atoms with Gasteiger partial charge in [-0.1, -0.05) is 11.8 Å². The van der Waals surface area contributed by atoms with E-state index >= 15 is 0 Å². The lowest BCUT2D eigenvalue weighted by Crippen LogP contribution is -2.47. The molecule has 13 heteroatoms. The minimum atomic E-state index is -0.488. The molecule has 0 saturated carbocycles. The zero-order valence-corrected chi connectivity index (χ0v) is 21.3. The van der Waals surface area contributed by atoms with Crippen LogP contribution in [-0.4, -0.2) is 72.1 Å². The largest absolute Gasteiger partial charge is 0.391 e. The number of piperazine rings is 1. The monoisotopic (exact) mass is 522 g/mol. The minimum absolute atomic E-state index is 0.254. The van der Waals surface area contributed by atoms with Crippen LogP contribution in [0.15, 0.2) is 59.0 Å². The van der Waals surface area contributed by atoms with E-state index in [1.54, 1.807) is 42.3 Å². The molecule has 1 unspecified atom stereocenters. The average Bonchev–Trinajstić information content (AvgIpc) is 3.24. The first kappa shape index (κ1) is 24.8.